The number of carbonyl (C=O) groups excluding carboxylic acids is 1. The number of nitro groups is 2. The molecule has 0 spiro atoms. The minimum absolute atomic E-state index is 0.0543. The van der Waals surface area contributed by atoms with Crippen molar-refractivity contribution in [1.29, 1.82) is 0 Å². The molecule has 140 valence electrons. The highest BCUT2D eigenvalue weighted by atomic mass is 16.6. The summed E-state index contributed by atoms with van der Waals surface area (Å²) in [5.41, 5.74) is -0.0606. The maximum Gasteiger partial charge on any atom is 0.277 e. The first-order valence-electron chi connectivity index (χ1n) is 8.35. The van der Waals surface area contributed by atoms with Crippen molar-refractivity contribution in [2.75, 3.05) is 26.7 Å². The molecular weight excluding hydrogens is 352 g/mol. The summed E-state index contributed by atoms with van der Waals surface area (Å²) < 4.78 is 0. The van der Waals surface area contributed by atoms with E-state index >= 15 is 0 Å². The summed E-state index contributed by atoms with van der Waals surface area (Å²) in [6.07, 6.45) is 0. The lowest BCUT2D eigenvalue weighted by Gasteiger charge is -2.40. The van der Waals surface area contributed by atoms with Crippen LogP contribution in [-0.2, 0) is 0 Å². The number of benzene rings is 2. The summed E-state index contributed by atoms with van der Waals surface area (Å²) in [6.45, 7) is 1.67. The Balaban J connectivity index is 2.00. The topological polar surface area (TPSA) is 110 Å². The Hall–Kier alpha value is -3.33. The van der Waals surface area contributed by atoms with Gasteiger partial charge in [-0.1, -0.05) is 30.3 Å². The number of non-ortho nitro benzene ring substituents is 2. The fraction of sp³-hybridized carbons (Fsp3) is 0.278. The van der Waals surface area contributed by atoms with E-state index in [0.717, 1.165) is 23.8 Å². The van der Waals surface area contributed by atoms with Crippen LogP contribution in [0.5, 0.6) is 0 Å². The van der Waals surface area contributed by atoms with Crippen LogP contribution in [0.15, 0.2) is 48.5 Å². The lowest BCUT2D eigenvalue weighted by molar-refractivity contribution is -0.394. The first-order chi connectivity index (χ1) is 12.9. The molecule has 1 fully saturated rings. The van der Waals surface area contributed by atoms with Crippen LogP contribution in [0, 0.1) is 20.2 Å². The Labute approximate surface area is 155 Å². The van der Waals surface area contributed by atoms with Crippen molar-refractivity contribution in [3.63, 3.8) is 0 Å². The van der Waals surface area contributed by atoms with E-state index in [1.807, 2.05) is 37.4 Å². The van der Waals surface area contributed by atoms with Crippen molar-refractivity contribution >= 4 is 17.3 Å². The van der Waals surface area contributed by atoms with Crippen LogP contribution in [-0.4, -0.2) is 52.2 Å². The zero-order valence-electron chi connectivity index (χ0n) is 14.6. The van der Waals surface area contributed by atoms with Crippen LogP contribution in [0.2, 0.25) is 0 Å². The number of nitro benzene ring substituents is 2. The van der Waals surface area contributed by atoms with Crippen molar-refractivity contribution < 1.29 is 14.6 Å². The highest BCUT2D eigenvalue weighted by molar-refractivity contribution is 5.96. The normalized spacial score (nSPS) is 17.5. The Kier molecular flexibility index (Phi) is 5.13. The molecule has 0 aromatic heterocycles. The van der Waals surface area contributed by atoms with Crippen LogP contribution in [0.3, 0.4) is 0 Å². The monoisotopic (exact) mass is 370 g/mol. The quantitative estimate of drug-likeness (QED) is 0.604. The molecule has 0 radical (unpaired) electrons. The molecule has 2 aromatic carbocycles. The predicted octanol–water partition coefficient (Wildman–Crippen LogP) is 2.63. The van der Waals surface area contributed by atoms with Gasteiger partial charge in [-0.25, -0.2) is 0 Å². The van der Waals surface area contributed by atoms with Gasteiger partial charge in [0.1, 0.15) is 0 Å². The highest BCUT2D eigenvalue weighted by Gasteiger charge is 2.32. The zero-order chi connectivity index (χ0) is 19.6. The molecule has 0 saturated carbocycles. The third-order valence-corrected chi connectivity index (χ3v) is 4.60. The molecule has 27 heavy (non-hydrogen) atoms. The zero-order valence-corrected chi connectivity index (χ0v) is 14.6. The van der Waals surface area contributed by atoms with Crippen molar-refractivity contribution in [3.05, 3.63) is 79.9 Å². The number of hydrogen-bond donors (Lipinski definition) is 0. The maximum absolute atomic E-state index is 13.1. The molecule has 1 heterocycles. The van der Waals surface area contributed by atoms with E-state index < -0.39 is 27.1 Å². The number of hydrogen-bond acceptors (Lipinski definition) is 6. The molecular formula is C18H18N4O5. The van der Waals surface area contributed by atoms with Crippen LogP contribution in [0.1, 0.15) is 22.0 Å². The Morgan fingerprint density at radius 3 is 2.15 bits per heavy atom. The molecule has 9 heteroatoms. The van der Waals surface area contributed by atoms with E-state index in [2.05, 4.69) is 4.90 Å². The molecule has 1 unspecified atom stereocenters. The minimum Gasteiger partial charge on any atom is -0.329 e. The summed E-state index contributed by atoms with van der Waals surface area (Å²) in [5, 5.41) is 22.2. The van der Waals surface area contributed by atoms with Gasteiger partial charge in [0, 0.05) is 31.8 Å². The van der Waals surface area contributed by atoms with Crippen LogP contribution >= 0.6 is 0 Å². The van der Waals surface area contributed by atoms with E-state index in [4.69, 9.17) is 0 Å². The van der Waals surface area contributed by atoms with E-state index in [-0.39, 0.29) is 11.6 Å². The van der Waals surface area contributed by atoms with Crippen LogP contribution in [0.25, 0.3) is 0 Å². The minimum atomic E-state index is -0.734. The third-order valence-electron chi connectivity index (χ3n) is 4.60. The van der Waals surface area contributed by atoms with Gasteiger partial charge in [0.15, 0.2) is 0 Å². The first kappa shape index (κ1) is 18.5. The molecule has 1 amide bonds. The molecule has 3 rings (SSSR count). The van der Waals surface area contributed by atoms with E-state index in [9.17, 15) is 25.0 Å². The number of rotatable bonds is 4. The Bertz CT molecular complexity index is 854. The summed E-state index contributed by atoms with van der Waals surface area (Å²) >= 11 is 0. The second-order valence-electron chi connectivity index (χ2n) is 6.44. The van der Waals surface area contributed by atoms with E-state index in [1.165, 1.54) is 0 Å². The fourth-order valence-electron chi connectivity index (χ4n) is 3.22. The average Bonchev–Trinajstić information content (AvgIpc) is 2.67. The summed E-state index contributed by atoms with van der Waals surface area (Å²) in [7, 11) is 1.95. The Morgan fingerprint density at radius 2 is 1.59 bits per heavy atom. The second-order valence-corrected chi connectivity index (χ2v) is 6.44. The van der Waals surface area contributed by atoms with Crippen molar-refractivity contribution in [1.82, 2.24) is 9.80 Å². The Morgan fingerprint density at radius 1 is 1.00 bits per heavy atom. The maximum atomic E-state index is 13.1. The van der Waals surface area contributed by atoms with Crippen LogP contribution in [0.4, 0.5) is 11.4 Å². The first-order valence-corrected chi connectivity index (χ1v) is 8.35. The molecule has 1 aliphatic heterocycles. The van der Waals surface area contributed by atoms with Gasteiger partial charge in [0.2, 0.25) is 0 Å². The van der Waals surface area contributed by atoms with Gasteiger partial charge in [-0.15, -0.1) is 0 Å². The standard InChI is InChI=1S/C18H18N4O5/c1-19-7-8-20(17(12-19)13-5-3-2-4-6-13)18(23)14-9-15(21(24)25)11-16(10-14)22(26)27/h2-6,9-11,17H,7-8,12H2,1H3. The van der Waals surface area contributed by atoms with Gasteiger partial charge >= 0.3 is 0 Å². The van der Waals surface area contributed by atoms with E-state index in [1.54, 1.807) is 4.90 Å². The van der Waals surface area contributed by atoms with Gasteiger partial charge in [-0.05, 0) is 12.6 Å². The van der Waals surface area contributed by atoms with Gasteiger partial charge in [-0.3, -0.25) is 25.0 Å². The highest BCUT2D eigenvalue weighted by Crippen LogP contribution is 2.29. The molecule has 0 bridgehead atoms. The summed E-state index contributed by atoms with van der Waals surface area (Å²) in [6, 6.07) is 12.3. The lowest BCUT2D eigenvalue weighted by atomic mass is 10.0. The van der Waals surface area contributed by atoms with Gasteiger partial charge in [-0.2, -0.15) is 0 Å². The lowest BCUT2D eigenvalue weighted by Crippen LogP contribution is -2.49. The number of likely N-dealkylation sites (N-methyl/N-ethyl adjacent to an activating group) is 1. The number of nitrogens with zero attached hydrogens (tertiary/aromatic N) is 4. The van der Waals surface area contributed by atoms with Gasteiger partial charge < -0.3 is 9.80 Å². The number of piperazine rings is 1. The predicted molar refractivity (Wildman–Crippen MR) is 97.5 cm³/mol. The average molecular weight is 370 g/mol. The molecule has 0 aliphatic carbocycles. The fourth-order valence-corrected chi connectivity index (χ4v) is 3.22. The van der Waals surface area contributed by atoms with Crippen LogP contribution < -0.4 is 0 Å². The number of amides is 1. The molecule has 2 aromatic rings. The van der Waals surface area contributed by atoms with Gasteiger partial charge in [0.05, 0.1) is 27.5 Å². The van der Waals surface area contributed by atoms with Crippen molar-refractivity contribution in [2.45, 2.75) is 6.04 Å². The largest absolute Gasteiger partial charge is 0.329 e. The van der Waals surface area contributed by atoms with Crippen molar-refractivity contribution in [2.24, 2.45) is 0 Å². The molecule has 1 atom stereocenters. The molecule has 1 saturated heterocycles. The second kappa shape index (κ2) is 7.50. The molecule has 1 aliphatic rings. The van der Waals surface area contributed by atoms with Crippen molar-refractivity contribution in [3.8, 4) is 0 Å². The third kappa shape index (κ3) is 3.93. The van der Waals surface area contributed by atoms with E-state index in [0.29, 0.717) is 19.6 Å². The summed E-state index contributed by atoms with van der Waals surface area (Å²) in [4.78, 5) is 37.6. The summed E-state index contributed by atoms with van der Waals surface area (Å²) in [5.74, 6) is -0.455. The molecule has 9 nitrogen and oxygen atoms in total. The molecule has 0 N–H and O–H groups in total. The SMILES string of the molecule is CN1CCN(C(=O)c2cc([N+](=O)[O-])cc([N+](=O)[O-])c2)C(c2ccccc2)C1. The number of carbonyl (C=O) groups is 1. The smallest absolute Gasteiger partial charge is 0.277 e. The van der Waals surface area contributed by atoms with Gasteiger partial charge in [0.25, 0.3) is 17.3 Å².